The molecule has 110 valence electrons. The van der Waals surface area contributed by atoms with Crippen LogP contribution in [0, 0.1) is 6.92 Å². The molecule has 0 unspecified atom stereocenters. The number of hydrogen-bond donors (Lipinski definition) is 1. The van der Waals surface area contributed by atoms with Crippen molar-refractivity contribution in [3.63, 3.8) is 0 Å². The average molecular weight is 326 g/mol. The highest BCUT2D eigenvalue weighted by atomic mass is 32.2. The third kappa shape index (κ3) is 2.43. The Hall–Kier alpha value is -2.20. The van der Waals surface area contributed by atoms with Gasteiger partial charge >= 0.3 is 5.76 Å². The quantitative estimate of drug-likeness (QED) is 0.772. The normalized spacial score (nSPS) is 11.9. The van der Waals surface area contributed by atoms with Crippen molar-refractivity contribution in [2.75, 3.05) is 4.72 Å². The van der Waals surface area contributed by atoms with Crippen molar-refractivity contribution >= 4 is 37.6 Å². The summed E-state index contributed by atoms with van der Waals surface area (Å²) in [5.41, 5.74) is 0.726. The van der Waals surface area contributed by atoms with E-state index in [1.807, 2.05) is 0 Å². The van der Waals surface area contributed by atoms with Crippen molar-refractivity contribution in [1.29, 1.82) is 0 Å². The second-order valence-corrected chi connectivity index (χ2v) is 7.15. The lowest BCUT2D eigenvalue weighted by molar-refractivity contribution is 0.528. The number of sulfonamides is 1. The molecule has 0 bridgehead atoms. The molecule has 1 N–H and O–H groups in total. The van der Waals surface area contributed by atoms with Crippen molar-refractivity contribution < 1.29 is 12.8 Å². The van der Waals surface area contributed by atoms with Crippen LogP contribution in [0.15, 0.2) is 32.3 Å². The summed E-state index contributed by atoms with van der Waals surface area (Å²) in [6.07, 6.45) is 0. The van der Waals surface area contributed by atoms with Gasteiger partial charge in [-0.15, -0.1) is 10.2 Å². The van der Waals surface area contributed by atoms with Gasteiger partial charge in [0.15, 0.2) is 5.58 Å². The molecule has 21 heavy (non-hydrogen) atoms. The number of fused-ring (bicyclic) bond motifs is 1. The van der Waals surface area contributed by atoms with E-state index in [0.717, 1.165) is 11.3 Å². The number of nitrogens with one attached hydrogen (secondary N) is 1. The molecule has 0 aliphatic heterocycles. The van der Waals surface area contributed by atoms with E-state index in [4.69, 9.17) is 4.42 Å². The highest BCUT2D eigenvalue weighted by molar-refractivity contribution is 7.93. The number of aryl methyl sites for hydroxylation is 2. The van der Waals surface area contributed by atoms with E-state index in [0.29, 0.717) is 16.1 Å². The molecule has 0 aliphatic carbocycles. The van der Waals surface area contributed by atoms with Crippen LogP contribution in [0.25, 0.3) is 11.1 Å². The summed E-state index contributed by atoms with van der Waals surface area (Å²) >= 11 is 1.13. The van der Waals surface area contributed by atoms with Crippen LogP contribution in [-0.4, -0.2) is 23.2 Å². The number of oxazole rings is 1. The average Bonchev–Trinajstić information content (AvgIpc) is 2.94. The molecule has 0 radical (unpaired) electrons. The summed E-state index contributed by atoms with van der Waals surface area (Å²) in [6, 6.07) is 4.18. The van der Waals surface area contributed by atoms with Gasteiger partial charge in [0.25, 0.3) is 10.0 Å². The smallest absolute Gasteiger partial charge is 0.408 e. The first kappa shape index (κ1) is 13.8. The zero-order valence-electron chi connectivity index (χ0n) is 11.0. The van der Waals surface area contributed by atoms with Crippen molar-refractivity contribution in [3.05, 3.63) is 33.8 Å². The minimum atomic E-state index is -3.80. The second kappa shape index (κ2) is 4.67. The molecule has 0 spiro atoms. The van der Waals surface area contributed by atoms with Gasteiger partial charge in [-0.25, -0.2) is 13.2 Å². The second-order valence-electron chi connectivity index (χ2n) is 4.29. The first-order valence-corrected chi connectivity index (χ1v) is 8.09. The van der Waals surface area contributed by atoms with Gasteiger partial charge in [-0.3, -0.25) is 9.29 Å². The Kier molecular flexibility index (Phi) is 3.06. The fourth-order valence-corrected chi connectivity index (χ4v) is 3.63. The highest BCUT2D eigenvalue weighted by Crippen LogP contribution is 2.22. The first-order valence-electron chi connectivity index (χ1n) is 5.79. The van der Waals surface area contributed by atoms with Gasteiger partial charge in [-0.1, -0.05) is 11.3 Å². The Labute approximate surface area is 123 Å². The fourth-order valence-electron chi connectivity index (χ4n) is 1.79. The maximum atomic E-state index is 12.3. The molecule has 2 heterocycles. The Morgan fingerprint density at radius 3 is 2.76 bits per heavy atom. The molecular weight excluding hydrogens is 316 g/mol. The van der Waals surface area contributed by atoms with Crippen LogP contribution in [-0.2, 0) is 17.1 Å². The molecule has 0 saturated carbocycles. The molecule has 8 nitrogen and oxygen atoms in total. The lowest BCUT2D eigenvalue weighted by Gasteiger charge is -2.04. The molecule has 0 amide bonds. The number of anilines is 1. The minimum absolute atomic E-state index is 0.0132. The van der Waals surface area contributed by atoms with Gasteiger partial charge in [0.05, 0.1) is 10.4 Å². The fraction of sp³-hybridized carbons (Fsp3) is 0.182. The van der Waals surface area contributed by atoms with Crippen LogP contribution < -0.4 is 10.5 Å². The van der Waals surface area contributed by atoms with Gasteiger partial charge < -0.3 is 4.42 Å². The Balaban J connectivity index is 2.06. The van der Waals surface area contributed by atoms with Gasteiger partial charge in [-0.2, -0.15) is 0 Å². The standard InChI is InChI=1S/C11H10N4O4S2/c1-6-12-13-10(20-6)14-21(17,18)7-3-4-9-8(5-7)15(2)11(16)19-9/h3-5H,1-2H3,(H,13,14). The lowest BCUT2D eigenvalue weighted by Crippen LogP contribution is -2.13. The number of benzene rings is 1. The van der Waals surface area contributed by atoms with Crippen LogP contribution in [0.3, 0.4) is 0 Å². The Morgan fingerprint density at radius 2 is 2.10 bits per heavy atom. The van der Waals surface area contributed by atoms with Crippen molar-refractivity contribution in [2.45, 2.75) is 11.8 Å². The molecule has 0 atom stereocenters. The zero-order chi connectivity index (χ0) is 15.2. The summed E-state index contributed by atoms with van der Waals surface area (Å²) in [5.74, 6) is -0.549. The summed E-state index contributed by atoms with van der Waals surface area (Å²) in [7, 11) is -2.29. The summed E-state index contributed by atoms with van der Waals surface area (Å²) < 4.78 is 33.1. The molecule has 3 rings (SSSR count). The van der Waals surface area contributed by atoms with Crippen molar-refractivity contribution in [2.24, 2.45) is 7.05 Å². The van der Waals surface area contributed by atoms with E-state index < -0.39 is 15.8 Å². The molecule has 10 heteroatoms. The number of nitrogens with zero attached hydrogens (tertiary/aromatic N) is 3. The molecule has 2 aromatic heterocycles. The monoisotopic (exact) mass is 326 g/mol. The SMILES string of the molecule is Cc1nnc(NS(=O)(=O)c2ccc3oc(=O)n(C)c3c2)s1. The first-order chi connectivity index (χ1) is 9.87. The topological polar surface area (TPSA) is 107 Å². The zero-order valence-corrected chi connectivity index (χ0v) is 12.7. The van der Waals surface area contributed by atoms with E-state index in [1.165, 1.54) is 29.8 Å². The summed E-state index contributed by atoms with van der Waals surface area (Å²) in [4.78, 5) is 11.4. The van der Waals surface area contributed by atoms with Crippen molar-refractivity contribution in [1.82, 2.24) is 14.8 Å². The Bertz CT molecular complexity index is 983. The third-order valence-electron chi connectivity index (χ3n) is 2.82. The van der Waals surface area contributed by atoms with Gasteiger partial charge in [0, 0.05) is 7.05 Å². The summed E-state index contributed by atoms with van der Waals surface area (Å²) in [6.45, 7) is 1.72. The number of aromatic nitrogens is 3. The molecule has 3 aromatic rings. The van der Waals surface area contributed by atoms with E-state index in [-0.39, 0.29) is 10.0 Å². The predicted molar refractivity (Wildman–Crippen MR) is 76.9 cm³/mol. The molecule has 0 saturated heterocycles. The lowest BCUT2D eigenvalue weighted by atomic mass is 10.3. The van der Waals surface area contributed by atoms with Crippen molar-refractivity contribution in [3.8, 4) is 0 Å². The van der Waals surface area contributed by atoms with E-state index >= 15 is 0 Å². The van der Waals surface area contributed by atoms with Gasteiger partial charge in [0.1, 0.15) is 5.01 Å². The maximum absolute atomic E-state index is 12.3. The highest BCUT2D eigenvalue weighted by Gasteiger charge is 2.18. The van der Waals surface area contributed by atoms with Crippen LogP contribution in [0.1, 0.15) is 5.01 Å². The molecule has 0 aliphatic rings. The molecular formula is C11H10N4O4S2. The van der Waals surface area contributed by atoms with Crippen LogP contribution in [0.4, 0.5) is 5.13 Å². The summed E-state index contributed by atoms with van der Waals surface area (Å²) in [5, 5.41) is 8.30. The molecule has 1 aromatic carbocycles. The van der Waals surface area contributed by atoms with Gasteiger partial charge in [-0.05, 0) is 25.1 Å². The predicted octanol–water partition coefficient (Wildman–Crippen LogP) is 1.09. The van der Waals surface area contributed by atoms with Crippen LogP contribution >= 0.6 is 11.3 Å². The Morgan fingerprint density at radius 1 is 1.33 bits per heavy atom. The van der Waals surface area contributed by atoms with Gasteiger partial charge in [0.2, 0.25) is 5.13 Å². The van der Waals surface area contributed by atoms with E-state index in [9.17, 15) is 13.2 Å². The number of hydrogen-bond acceptors (Lipinski definition) is 7. The maximum Gasteiger partial charge on any atom is 0.419 e. The minimum Gasteiger partial charge on any atom is -0.408 e. The third-order valence-corrected chi connectivity index (χ3v) is 5.04. The number of rotatable bonds is 3. The largest absolute Gasteiger partial charge is 0.419 e. The van der Waals surface area contributed by atoms with E-state index in [2.05, 4.69) is 14.9 Å². The van der Waals surface area contributed by atoms with E-state index in [1.54, 1.807) is 6.92 Å². The van der Waals surface area contributed by atoms with Crippen LogP contribution in [0.2, 0.25) is 0 Å². The van der Waals surface area contributed by atoms with Crippen LogP contribution in [0.5, 0.6) is 0 Å². The molecule has 0 fully saturated rings.